The van der Waals surface area contributed by atoms with Gasteiger partial charge < -0.3 is 4.90 Å². The largest absolute Gasteiger partial charge is 0.368 e. The average molecular weight is 237 g/mol. The number of halogens is 1. The zero-order valence-corrected chi connectivity index (χ0v) is 11.0. The van der Waals surface area contributed by atoms with Gasteiger partial charge >= 0.3 is 0 Å². The fourth-order valence-electron chi connectivity index (χ4n) is 1.41. The first-order valence-electron chi connectivity index (χ1n) is 5.36. The zero-order chi connectivity index (χ0) is 12.3. The topological polar surface area (TPSA) is 27.0 Å². The van der Waals surface area contributed by atoms with Crippen LogP contribution in [0.3, 0.4) is 0 Å². The summed E-state index contributed by atoms with van der Waals surface area (Å²) in [5, 5.41) is 9.40. The predicted octanol–water partition coefficient (Wildman–Crippen LogP) is 3.84. The number of nitriles is 1. The Labute approximate surface area is 102 Å². The van der Waals surface area contributed by atoms with Gasteiger partial charge in [0, 0.05) is 12.6 Å². The number of rotatable bonds is 3. The highest BCUT2D eigenvalue weighted by molar-refractivity contribution is 6.33. The lowest BCUT2D eigenvalue weighted by Gasteiger charge is -2.37. The van der Waals surface area contributed by atoms with E-state index in [1.807, 2.05) is 13.1 Å². The number of benzene rings is 1. The third-order valence-corrected chi connectivity index (χ3v) is 3.51. The fourth-order valence-corrected chi connectivity index (χ4v) is 1.72. The van der Waals surface area contributed by atoms with Crippen molar-refractivity contribution in [3.63, 3.8) is 0 Å². The normalized spacial score (nSPS) is 11.0. The molecule has 0 N–H and O–H groups in total. The minimum absolute atomic E-state index is 0.0534. The van der Waals surface area contributed by atoms with E-state index < -0.39 is 0 Å². The van der Waals surface area contributed by atoms with E-state index in [2.05, 4.69) is 31.7 Å². The van der Waals surface area contributed by atoms with Crippen LogP contribution < -0.4 is 4.90 Å². The molecule has 0 spiro atoms. The molecule has 0 atom stereocenters. The van der Waals surface area contributed by atoms with Gasteiger partial charge in [-0.05, 0) is 38.5 Å². The summed E-state index contributed by atoms with van der Waals surface area (Å²) in [6, 6.07) is 7.49. The molecule has 3 heteroatoms. The van der Waals surface area contributed by atoms with Crippen LogP contribution in [-0.4, -0.2) is 12.6 Å². The van der Waals surface area contributed by atoms with Gasteiger partial charge in [-0.25, -0.2) is 0 Å². The molecule has 1 rings (SSSR count). The molecular formula is C13H17ClN2. The van der Waals surface area contributed by atoms with Crippen LogP contribution in [0.5, 0.6) is 0 Å². The van der Waals surface area contributed by atoms with Gasteiger partial charge in [-0.2, -0.15) is 5.26 Å². The lowest BCUT2D eigenvalue weighted by atomic mass is 9.99. The maximum atomic E-state index is 8.78. The Balaban J connectivity index is 3.11. The van der Waals surface area contributed by atoms with E-state index in [0.717, 1.165) is 12.1 Å². The quantitative estimate of drug-likeness (QED) is 0.798. The Morgan fingerprint density at radius 3 is 2.50 bits per heavy atom. The number of hydrogen-bond acceptors (Lipinski definition) is 2. The van der Waals surface area contributed by atoms with Gasteiger partial charge in [-0.1, -0.05) is 18.5 Å². The molecule has 0 fully saturated rings. The highest BCUT2D eigenvalue weighted by Crippen LogP contribution is 2.31. The summed E-state index contributed by atoms with van der Waals surface area (Å²) in [6.45, 7) is 6.48. The van der Waals surface area contributed by atoms with Crippen molar-refractivity contribution in [2.45, 2.75) is 32.7 Å². The Bertz CT molecular complexity index is 418. The molecule has 1 aromatic rings. The third kappa shape index (κ3) is 2.48. The van der Waals surface area contributed by atoms with Gasteiger partial charge in [0.25, 0.3) is 0 Å². The van der Waals surface area contributed by atoms with Crippen LogP contribution in [0.1, 0.15) is 32.8 Å². The zero-order valence-electron chi connectivity index (χ0n) is 10.2. The molecule has 0 bridgehead atoms. The van der Waals surface area contributed by atoms with E-state index >= 15 is 0 Å². The highest BCUT2D eigenvalue weighted by atomic mass is 35.5. The van der Waals surface area contributed by atoms with Crippen LogP contribution >= 0.6 is 11.6 Å². The van der Waals surface area contributed by atoms with Crippen molar-refractivity contribution in [1.82, 2.24) is 0 Å². The predicted molar refractivity (Wildman–Crippen MR) is 68.9 cm³/mol. The molecule has 0 radical (unpaired) electrons. The average Bonchev–Trinajstić information content (AvgIpc) is 2.28. The number of nitrogens with zero attached hydrogens (tertiary/aromatic N) is 2. The molecule has 0 amide bonds. The Hall–Kier alpha value is -1.20. The third-order valence-electron chi connectivity index (χ3n) is 3.21. The number of hydrogen-bond donors (Lipinski definition) is 0. The van der Waals surface area contributed by atoms with Gasteiger partial charge in [0.1, 0.15) is 0 Å². The molecule has 0 aromatic heterocycles. The SMILES string of the molecule is CCC(C)(C)N(C)c1ccc(C#N)cc1Cl. The van der Waals surface area contributed by atoms with Crippen LogP contribution in [0.15, 0.2) is 18.2 Å². The molecule has 0 heterocycles. The first-order valence-corrected chi connectivity index (χ1v) is 5.73. The molecule has 2 nitrogen and oxygen atoms in total. The van der Waals surface area contributed by atoms with Crippen molar-refractivity contribution < 1.29 is 0 Å². The van der Waals surface area contributed by atoms with Crippen LogP contribution in [0.4, 0.5) is 5.69 Å². The molecule has 0 saturated carbocycles. The standard InChI is InChI=1S/C13H17ClN2/c1-5-13(2,3)16(4)12-7-6-10(9-15)8-11(12)14/h6-8H,5H2,1-4H3. The van der Waals surface area contributed by atoms with E-state index in [4.69, 9.17) is 16.9 Å². The van der Waals surface area contributed by atoms with Crippen LogP contribution in [0, 0.1) is 11.3 Å². The summed E-state index contributed by atoms with van der Waals surface area (Å²) >= 11 is 6.17. The summed E-state index contributed by atoms with van der Waals surface area (Å²) in [5.74, 6) is 0. The van der Waals surface area contributed by atoms with E-state index in [9.17, 15) is 0 Å². The first-order chi connectivity index (χ1) is 7.42. The first kappa shape index (κ1) is 12.9. The highest BCUT2D eigenvalue weighted by Gasteiger charge is 2.22. The summed E-state index contributed by atoms with van der Waals surface area (Å²) < 4.78 is 0. The van der Waals surface area contributed by atoms with Gasteiger partial charge in [0.2, 0.25) is 0 Å². The van der Waals surface area contributed by atoms with Crippen molar-refractivity contribution in [3.05, 3.63) is 28.8 Å². The summed E-state index contributed by atoms with van der Waals surface area (Å²) in [4.78, 5) is 2.15. The summed E-state index contributed by atoms with van der Waals surface area (Å²) in [7, 11) is 2.02. The van der Waals surface area contributed by atoms with Crippen molar-refractivity contribution >= 4 is 17.3 Å². The Kier molecular flexibility index (Phi) is 3.83. The van der Waals surface area contributed by atoms with Gasteiger partial charge in [-0.3, -0.25) is 0 Å². The van der Waals surface area contributed by atoms with Crippen molar-refractivity contribution in [2.24, 2.45) is 0 Å². The van der Waals surface area contributed by atoms with Gasteiger partial charge in [0.05, 0.1) is 22.3 Å². The smallest absolute Gasteiger partial charge is 0.0992 e. The van der Waals surface area contributed by atoms with E-state index in [1.54, 1.807) is 12.1 Å². The molecule has 0 aliphatic heterocycles. The van der Waals surface area contributed by atoms with Crippen LogP contribution in [0.25, 0.3) is 0 Å². The van der Waals surface area contributed by atoms with Crippen molar-refractivity contribution in [2.75, 3.05) is 11.9 Å². The van der Waals surface area contributed by atoms with Gasteiger partial charge in [-0.15, -0.1) is 0 Å². The fraction of sp³-hybridized carbons (Fsp3) is 0.462. The van der Waals surface area contributed by atoms with Crippen LogP contribution in [-0.2, 0) is 0 Å². The van der Waals surface area contributed by atoms with E-state index in [-0.39, 0.29) is 5.54 Å². The molecule has 0 unspecified atom stereocenters. The molecule has 0 aliphatic rings. The monoisotopic (exact) mass is 236 g/mol. The lowest BCUT2D eigenvalue weighted by Crippen LogP contribution is -2.40. The van der Waals surface area contributed by atoms with E-state index in [0.29, 0.717) is 10.6 Å². The summed E-state index contributed by atoms with van der Waals surface area (Å²) in [6.07, 6.45) is 1.03. The van der Waals surface area contributed by atoms with E-state index in [1.165, 1.54) is 0 Å². The Morgan fingerprint density at radius 2 is 2.06 bits per heavy atom. The second-order valence-corrected chi connectivity index (χ2v) is 4.91. The second kappa shape index (κ2) is 4.76. The minimum atomic E-state index is 0.0534. The maximum absolute atomic E-state index is 8.78. The molecule has 1 aromatic carbocycles. The maximum Gasteiger partial charge on any atom is 0.0992 e. The van der Waals surface area contributed by atoms with Gasteiger partial charge in [0.15, 0.2) is 0 Å². The Morgan fingerprint density at radius 1 is 1.44 bits per heavy atom. The lowest BCUT2D eigenvalue weighted by molar-refractivity contribution is 0.471. The van der Waals surface area contributed by atoms with Crippen molar-refractivity contribution in [1.29, 1.82) is 5.26 Å². The second-order valence-electron chi connectivity index (χ2n) is 4.50. The minimum Gasteiger partial charge on any atom is -0.368 e. The molecule has 16 heavy (non-hydrogen) atoms. The molecule has 0 aliphatic carbocycles. The van der Waals surface area contributed by atoms with Crippen molar-refractivity contribution in [3.8, 4) is 6.07 Å². The molecule has 86 valence electrons. The molecular weight excluding hydrogens is 220 g/mol. The van der Waals surface area contributed by atoms with Crippen LogP contribution in [0.2, 0.25) is 5.02 Å². The summed E-state index contributed by atoms with van der Waals surface area (Å²) in [5.41, 5.74) is 1.61. The number of anilines is 1. The molecule has 0 saturated heterocycles.